The fourth-order valence-electron chi connectivity index (χ4n) is 3.09. The number of hydrogen-bond donors (Lipinski definition) is 0. The molecule has 7 nitrogen and oxygen atoms in total. The number of pyridine rings is 1. The van der Waals surface area contributed by atoms with Crippen molar-refractivity contribution in [3.05, 3.63) is 59.4 Å². The van der Waals surface area contributed by atoms with Gasteiger partial charge in [0, 0.05) is 37.1 Å². The number of nitrogens with zero attached hydrogens (tertiary/aromatic N) is 3. The monoisotopic (exact) mass is 381 g/mol. The predicted molar refractivity (Wildman–Crippen MR) is 105 cm³/mol. The van der Waals surface area contributed by atoms with Gasteiger partial charge in [-0.2, -0.15) is 0 Å². The third-order valence-electron chi connectivity index (χ3n) is 4.48. The number of ether oxygens (including phenoxy) is 2. The Morgan fingerprint density at radius 1 is 1.07 bits per heavy atom. The van der Waals surface area contributed by atoms with Gasteiger partial charge in [0.15, 0.2) is 0 Å². The van der Waals surface area contributed by atoms with E-state index in [1.807, 2.05) is 6.92 Å². The van der Waals surface area contributed by atoms with Crippen LogP contribution in [0.1, 0.15) is 27.9 Å². The van der Waals surface area contributed by atoms with Crippen LogP contribution in [0.25, 0.3) is 6.08 Å². The lowest BCUT2D eigenvalue weighted by Crippen LogP contribution is -2.44. The molecule has 0 spiro atoms. The molecule has 1 aliphatic rings. The number of benzene rings is 1. The van der Waals surface area contributed by atoms with Crippen molar-refractivity contribution in [3.8, 4) is 11.5 Å². The fourth-order valence-corrected chi connectivity index (χ4v) is 3.09. The van der Waals surface area contributed by atoms with Gasteiger partial charge in [-0.25, -0.2) is 10.0 Å². The topological polar surface area (TPSA) is 72.0 Å². The second-order valence-corrected chi connectivity index (χ2v) is 6.44. The molecule has 7 heteroatoms. The van der Waals surface area contributed by atoms with Crippen molar-refractivity contribution >= 4 is 17.9 Å². The molecule has 0 saturated carbocycles. The Morgan fingerprint density at radius 3 is 2.57 bits per heavy atom. The molecule has 2 aromatic rings. The summed E-state index contributed by atoms with van der Waals surface area (Å²) in [6.07, 6.45) is 7.05. The van der Waals surface area contributed by atoms with Crippen molar-refractivity contribution in [2.24, 2.45) is 0 Å². The summed E-state index contributed by atoms with van der Waals surface area (Å²) in [5.74, 6) is 0.800. The summed E-state index contributed by atoms with van der Waals surface area (Å²) in [7, 11) is 3.14. The van der Waals surface area contributed by atoms with Crippen LogP contribution in [0.3, 0.4) is 0 Å². The van der Waals surface area contributed by atoms with E-state index < -0.39 is 0 Å². The Hall–Kier alpha value is -3.35. The number of rotatable bonds is 5. The highest BCUT2D eigenvalue weighted by molar-refractivity contribution is 5.98. The van der Waals surface area contributed by atoms with E-state index in [2.05, 4.69) is 4.98 Å². The quantitative estimate of drug-likeness (QED) is 0.745. The van der Waals surface area contributed by atoms with E-state index in [-0.39, 0.29) is 11.8 Å². The third-order valence-corrected chi connectivity index (χ3v) is 4.48. The van der Waals surface area contributed by atoms with Gasteiger partial charge in [0.25, 0.3) is 11.8 Å². The minimum Gasteiger partial charge on any atom is -0.497 e. The molecule has 0 atom stereocenters. The van der Waals surface area contributed by atoms with Gasteiger partial charge in [0.2, 0.25) is 0 Å². The van der Waals surface area contributed by atoms with Crippen LogP contribution in [-0.2, 0) is 4.79 Å². The van der Waals surface area contributed by atoms with Crippen LogP contribution in [0.5, 0.6) is 11.5 Å². The zero-order chi connectivity index (χ0) is 20.1. The average Bonchev–Trinajstić information content (AvgIpc) is 3.21. The Bertz CT molecular complexity index is 910. The molecule has 0 N–H and O–H groups in total. The number of aromatic nitrogens is 1. The van der Waals surface area contributed by atoms with E-state index in [0.29, 0.717) is 30.2 Å². The van der Waals surface area contributed by atoms with Gasteiger partial charge in [-0.1, -0.05) is 0 Å². The zero-order valence-corrected chi connectivity index (χ0v) is 16.2. The van der Waals surface area contributed by atoms with Gasteiger partial charge < -0.3 is 9.47 Å². The number of carbonyl (C=O) groups is 2. The highest BCUT2D eigenvalue weighted by Gasteiger charge is 2.30. The molecule has 0 radical (unpaired) electrons. The van der Waals surface area contributed by atoms with Gasteiger partial charge in [0.1, 0.15) is 11.5 Å². The molecule has 1 fully saturated rings. The molecule has 1 saturated heterocycles. The van der Waals surface area contributed by atoms with Crippen LogP contribution in [0.15, 0.2) is 42.7 Å². The zero-order valence-electron chi connectivity index (χ0n) is 16.2. The van der Waals surface area contributed by atoms with Crippen molar-refractivity contribution in [2.45, 2.75) is 13.3 Å². The first-order valence-electron chi connectivity index (χ1n) is 8.98. The SMILES string of the molecule is COc1ccc(OC)c(C=CC(=O)N2CCCN2C(=O)c2cncc(C)c2)c1. The summed E-state index contributed by atoms with van der Waals surface area (Å²) in [4.78, 5) is 29.6. The minimum atomic E-state index is -0.267. The molecule has 3 rings (SSSR count). The molecular weight excluding hydrogens is 358 g/mol. The maximum atomic E-state index is 12.8. The Kier molecular flexibility index (Phi) is 5.93. The van der Waals surface area contributed by atoms with Gasteiger partial charge in [-0.05, 0) is 49.2 Å². The highest BCUT2D eigenvalue weighted by Crippen LogP contribution is 2.25. The van der Waals surface area contributed by atoms with E-state index >= 15 is 0 Å². The molecule has 2 amide bonds. The molecule has 2 heterocycles. The summed E-state index contributed by atoms with van der Waals surface area (Å²) in [6, 6.07) is 7.12. The van der Waals surface area contributed by atoms with Gasteiger partial charge >= 0.3 is 0 Å². The third kappa shape index (κ3) is 4.14. The van der Waals surface area contributed by atoms with Crippen LogP contribution in [-0.4, -0.2) is 54.1 Å². The fraction of sp³-hybridized carbons (Fsp3) is 0.286. The van der Waals surface area contributed by atoms with E-state index in [0.717, 1.165) is 17.5 Å². The summed E-state index contributed by atoms with van der Waals surface area (Å²) in [6.45, 7) is 2.86. The Morgan fingerprint density at radius 2 is 1.86 bits per heavy atom. The lowest BCUT2D eigenvalue weighted by atomic mass is 10.1. The molecule has 0 unspecified atom stereocenters. The normalized spacial score (nSPS) is 13.8. The molecule has 1 aromatic carbocycles. The van der Waals surface area contributed by atoms with Gasteiger partial charge in [-0.3, -0.25) is 14.6 Å². The van der Waals surface area contributed by atoms with Gasteiger partial charge in [-0.15, -0.1) is 0 Å². The lowest BCUT2D eigenvalue weighted by molar-refractivity contribution is -0.134. The molecule has 0 aliphatic carbocycles. The predicted octanol–water partition coefficient (Wildman–Crippen LogP) is 2.71. The first kappa shape index (κ1) is 19.4. The molecule has 1 aromatic heterocycles. The summed E-state index contributed by atoms with van der Waals surface area (Å²) >= 11 is 0. The van der Waals surface area contributed by atoms with Crippen molar-refractivity contribution in [1.29, 1.82) is 0 Å². The van der Waals surface area contributed by atoms with Crippen LogP contribution >= 0.6 is 0 Å². The van der Waals surface area contributed by atoms with Crippen molar-refractivity contribution < 1.29 is 19.1 Å². The molecule has 146 valence electrons. The highest BCUT2D eigenvalue weighted by atomic mass is 16.5. The molecule has 28 heavy (non-hydrogen) atoms. The Labute approximate surface area is 164 Å². The second-order valence-electron chi connectivity index (χ2n) is 6.44. The largest absolute Gasteiger partial charge is 0.497 e. The van der Waals surface area contributed by atoms with E-state index in [1.54, 1.807) is 50.8 Å². The molecule has 1 aliphatic heterocycles. The summed E-state index contributed by atoms with van der Waals surface area (Å²) in [5.41, 5.74) is 2.08. The van der Waals surface area contributed by atoms with E-state index in [1.165, 1.54) is 22.3 Å². The molecular formula is C21H23N3O4. The van der Waals surface area contributed by atoms with Crippen molar-refractivity contribution in [1.82, 2.24) is 15.0 Å². The number of hydrazine groups is 1. The number of amides is 2. The lowest BCUT2D eigenvalue weighted by Gasteiger charge is -2.27. The number of aryl methyl sites for hydroxylation is 1. The van der Waals surface area contributed by atoms with E-state index in [9.17, 15) is 9.59 Å². The second kappa shape index (κ2) is 8.56. The van der Waals surface area contributed by atoms with Crippen LogP contribution < -0.4 is 9.47 Å². The number of methoxy groups -OCH3 is 2. The maximum absolute atomic E-state index is 12.8. The standard InChI is InChI=1S/C21H23N3O4/c1-15-11-17(14-22-13-15)21(26)24-10-4-9-23(24)20(25)8-5-16-12-18(27-2)6-7-19(16)28-3/h5-8,11-14H,4,9-10H2,1-3H3. The average molecular weight is 381 g/mol. The maximum Gasteiger partial charge on any atom is 0.274 e. The smallest absolute Gasteiger partial charge is 0.274 e. The first-order chi connectivity index (χ1) is 13.5. The summed E-state index contributed by atoms with van der Waals surface area (Å²) < 4.78 is 10.6. The van der Waals surface area contributed by atoms with Crippen molar-refractivity contribution in [2.75, 3.05) is 27.3 Å². The molecule has 0 bridgehead atoms. The first-order valence-corrected chi connectivity index (χ1v) is 8.98. The van der Waals surface area contributed by atoms with Crippen LogP contribution in [0.4, 0.5) is 0 Å². The van der Waals surface area contributed by atoms with E-state index in [4.69, 9.17) is 9.47 Å². The van der Waals surface area contributed by atoms with Gasteiger partial charge in [0.05, 0.1) is 19.8 Å². The van der Waals surface area contributed by atoms with Crippen LogP contribution in [0.2, 0.25) is 0 Å². The number of hydrogen-bond acceptors (Lipinski definition) is 5. The minimum absolute atomic E-state index is 0.227. The number of carbonyl (C=O) groups excluding carboxylic acids is 2. The Balaban J connectivity index is 1.78. The summed E-state index contributed by atoms with van der Waals surface area (Å²) in [5, 5.41) is 2.94. The van der Waals surface area contributed by atoms with Crippen molar-refractivity contribution in [3.63, 3.8) is 0 Å². The van der Waals surface area contributed by atoms with Crippen LogP contribution in [0, 0.1) is 6.92 Å².